The Kier molecular flexibility index (Phi) is 7.20. The van der Waals surface area contributed by atoms with Crippen LogP contribution in [0.15, 0.2) is 0 Å². The molecule has 0 bridgehead atoms. The first-order chi connectivity index (χ1) is 10.4. The van der Waals surface area contributed by atoms with E-state index in [-0.39, 0.29) is 5.60 Å². The van der Waals surface area contributed by atoms with Crippen molar-refractivity contribution in [3.05, 3.63) is 0 Å². The lowest BCUT2D eigenvalue weighted by Crippen LogP contribution is -2.83. The van der Waals surface area contributed by atoms with Crippen molar-refractivity contribution in [2.45, 2.75) is 116 Å². The van der Waals surface area contributed by atoms with Crippen LogP contribution in [0.3, 0.4) is 0 Å². The normalized spacial score (nSPS) is 25.1. The van der Waals surface area contributed by atoms with E-state index in [4.69, 9.17) is 4.43 Å². The van der Waals surface area contributed by atoms with Crippen molar-refractivity contribution in [2.24, 2.45) is 0 Å². The van der Waals surface area contributed by atoms with Crippen LogP contribution in [-0.2, 0) is 4.43 Å². The van der Waals surface area contributed by atoms with Crippen LogP contribution >= 0.6 is 0 Å². The lowest BCUT2D eigenvalue weighted by Gasteiger charge is -2.65. The molecule has 0 aromatic heterocycles. The van der Waals surface area contributed by atoms with E-state index in [2.05, 4.69) is 55.4 Å². The van der Waals surface area contributed by atoms with Crippen LogP contribution < -0.4 is 0 Å². The van der Waals surface area contributed by atoms with Crippen molar-refractivity contribution < 1.29 is 4.43 Å². The summed E-state index contributed by atoms with van der Waals surface area (Å²) >= 11 is 0. The quantitative estimate of drug-likeness (QED) is 0.439. The van der Waals surface area contributed by atoms with Gasteiger partial charge in [-0.2, -0.15) is 0 Å². The smallest absolute Gasteiger partial charge is 0.177 e. The molecule has 0 aromatic carbocycles. The maximum Gasteiger partial charge on any atom is 0.177 e. The molecule has 1 fully saturated rings. The largest absolute Gasteiger partial charge is 0.415 e. The summed E-state index contributed by atoms with van der Waals surface area (Å²) in [6.45, 7) is 19.9. The van der Waals surface area contributed by atoms with Crippen LogP contribution in [0, 0.1) is 0 Å². The first-order valence-electron chi connectivity index (χ1n) is 10.1. The van der Waals surface area contributed by atoms with Gasteiger partial charge >= 0.3 is 0 Å². The van der Waals surface area contributed by atoms with E-state index in [9.17, 15) is 0 Å². The van der Waals surface area contributed by atoms with E-state index in [1.807, 2.05) is 0 Å². The van der Waals surface area contributed by atoms with E-state index in [1.165, 1.54) is 55.2 Å². The minimum absolute atomic E-state index is 0.247. The molecule has 1 aliphatic heterocycles. The maximum absolute atomic E-state index is 7.35. The van der Waals surface area contributed by atoms with Crippen LogP contribution in [0.5, 0.6) is 0 Å². The monoisotopic (exact) mass is 358 g/mol. The van der Waals surface area contributed by atoms with Crippen molar-refractivity contribution in [1.29, 1.82) is 0 Å². The second-order valence-corrected chi connectivity index (χ2v) is 32.3. The minimum atomic E-state index is -1.56. The highest BCUT2D eigenvalue weighted by molar-refractivity contribution is 7.69. The van der Waals surface area contributed by atoms with E-state index in [0.717, 1.165) is 0 Å². The summed E-state index contributed by atoms with van der Waals surface area (Å²) < 4.78 is 7.35. The Balaban J connectivity index is 3.63. The lowest BCUT2D eigenvalue weighted by atomic mass is 10.0. The molecule has 22 heavy (non-hydrogen) atoms. The molecule has 0 atom stereocenters. The first kappa shape index (κ1) is 20.7. The summed E-state index contributed by atoms with van der Waals surface area (Å²) in [5, 5.41) is 0. The first-order valence-corrected chi connectivity index (χ1v) is 19.5. The molecule has 132 valence electrons. The minimum Gasteiger partial charge on any atom is -0.415 e. The molecule has 0 spiro atoms. The third kappa shape index (κ3) is 2.66. The fraction of sp³-hybridized carbons (Fsp3) is 1.00. The zero-order chi connectivity index (χ0) is 17.1. The summed E-state index contributed by atoms with van der Waals surface area (Å²) in [4.78, 5) is 0. The second-order valence-electron chi connectivity index (χ2n) is 7.65. The molecular weight excluding hydrogens is 316 g/mol. The van der Waals surface area contributed by atoms with Gasteiger partial charge < -0.3 is 4.43 Å². The predicted molar refractivity (Wildman–Crippen MR) is 109 cm³/mol. The molecular formula is C18H42OSi3. The number of hydrogen-bond donors (Lipinski definition) is 0. The Bertz CT molecular complexity index is 314. The van der Waals surface area contributed by atoms with Gasteiger partial charge in [0.2, 0.25) is 0 Å². The Morgan fingerprint density at radius 1 is 0.682 bits per heavy atom. The van der Waals surface area contributed by atoms with Crippen LogP contribution in [0.4, 0.5) is 0 Å². The van der Waals surface area contributed by atoms with Gasteiger partial charge in [0, 0.05) is 0 Å². The van der Waals surface area contributed by atoms with Gasteiger partial charge in [-0.05, 0) is 31.0 Å². The molecule has 1 heterocycles. The van der Waals surface area contributed by atoms with E-state index < -0.39 is 22.5 Å². The Hall–Kier alpha value is 0.611. The molecule has 0 radical (unpaired) electrons. The highest BCUT2D eigenvalue weighted by Gasteiger charge is 2.68. The molecule has 1 rings (SSSR count). The van der Waals surface area contributed by atoms with E-state index in [0.29, 0.717) is 0 Å². The molecule has 0 saturated carbocycles. The number of rotatable bonds is 8. The van der Waals surface area contributed by atoms with Gasteiger partial charge in [0.25, 0.3) is 0 Å². The molecule has 0 aromatic rings. The van der Waals surface area contributed by atoms with E-state index in [1.54, 1.807) is 0 Å². The molecule has 0 aliphatic carbocycles. The maximum atomic E-state index is 7.35. The third-order valence-electron chi connectivity index (χ3n) is 7.95. The topological polar surface area (TPSA) is 9.23 Å². The van der Waals surface area contributed by atoms with Crippen LogP contribution in [0.2, 0.25) is 42.3 Å². The predicted octanol–water partition coefficient (Wildman–Crippen LogP) is 6.69. The van der Waals surface area contributed by atoms with Crippen molar-refractivity contribution in [3.63, 3.8) is 0 Å². The van der Waals surface area contributed by atoms with Crippen molar-refractivity contribution in [3.8, 4) is 0 Å². The van der Waals surface area contributed by atoms with Crippen molar-refractivity contribution in [1.82, 2.24) is 0 Å². The molecule has 0 unspecified atom stereocenters. The van der Waals surface area contributed by atoms with Gasteiger partial charge in [0.1, 0.15) is 0 Å². The summed E-state index contributed by atoms with van der Waals surface area (Å²) in [5.74, 6) is 0. The molecule has 1 aliphatic rings. The second kappa shape index (κ2) is 7.66. The van der Waals surface area contributed by atoms with Gasteiger partial charge in [-0.15, -0.1) is 0 Å². The number of hydrogen-bond acceptors (Lipinski definition) is 1. The molecule has 1 saturated heterocycles. The van der Waals surface area contributed by atoms with Gasteiger partial charge in [-0.3, -0.25) is 0 Å². The summed E-state index contributed by atoms with van der Waals surface area (Å²) in [6.07, 6.45) is 2.48. The fourth-order valence-electron chi connectivity index (χ4n) is 6.35. The van der Waals surface area contributed by atoms with Gasteiger partial charge in [-0.1, -0.05) is 79.6 Å². The Morgan fingerprint density at radius 3 is 1.41 bits per heavy atom. The Morgan fingerprint density at radius 2 is 1.14 bits per heavy atom. The standard InChI is InChI=1S/C18H42OSi3/c1-9-18(10-2)17-20(11-3,12-4)22(15-7,16-8)21(13-5,14-6)19-18/h9-17H2,1-8H3. The highest BCUT2D eigenvalue weighted by Crippen LogP contribution is 2.54. The van der Waals surface area contributed by atoms with Crippen LogP contribution in [0.1, 0.15) is 68.2 Å². The SMILES string of the molecule is CCC1(CC)C[Si](CC)(CC)[Si](CC)(CC)[Si](CC)(CC)O1. The van der Waals surface area contributed by atoms with Crippen LogP contribution in [-0.4, -0.2) is 28.1 Å². The van der Waals surface area contributed by atoms with Crippen LogP contribution in [0.25, 0.3) is 0 Å². The lowest BCUT2D eigenvalue weighted by molar-refractivity contribution is 0.0680. The zero-order valence-corrected chi connectivity index (χ0v) is 19.8. The Labute approximate surface area is 143 Å². The molecule has 0 amide bonds. The summed E-state index contributed by atoms with van der Waals surface area (Å²) in [7, 11) is -4.01. The summed E-state index contributed by atoms with van der Waals surface area (Å²) in [5.41, 5.74) is 0.247. The molecule has 1 nitrogen and oxygen atoms in total. The van der Waals surface area contributed by atoms with Gasteiger partial charge in [0.05, 0.1) is 20.3 Å². The zero-order valence-electron chi connectivity index (χ0n) is 16.8. The fourth-order valence-corrected chi connectivity index (χ4v) is 57.7. The third-order valence-corrected chi connectivity index (χ3v) is 50.8. The summed E-state index contributed by atoms with van der Waals surface area (Å²) in [6, 6.07) is 10.3. The van der Waals surface area contributed by atoms with Gasteiger partial charge in [0.15, 0.2) is 7.83 Å². The van der Waals surface area contributed by atoms with Gasteiger partial charge in [-0.25, -0.2) is 0 Å². The van der Waals surface area contributed by atoms with E-state index >= 15 is 0 Å². The molecule has 0 N–H and O–H groups in total. The average molecular weight is 359 g/mol. The van der Waals surface area contributed by atoms with Crippen molar-refractivity contribution in [2.75, 3.05) is 0 Å². The average Bonchev–Trinajstić information content (AvgIpc) is 2.60. The highest BCUT2D eigenvalue weighted by atomic mass is 29.6. The molecule has 4 heteroatoms. The van der Waals surface area contributed by atoms with Crippen molar-refractivity contribution >= 4 is 22.5 Å².